The first kappa shape index (κ1) is 18.3. The molecule has 26 heavy (non-hydrogen) atoms. The van der Waals surface area contributed by atoms with Crippen molar-refractivity contribution in [2.45, 2.75) is 6.92 Å². The Morgan fingerprint density at radius 2 is 2.04 bits per heavy atom. The lowest BCUT2D eigenvalue weighted by Gasteiger charge is -2.09. The third-order valence-electron chi connectivity index (χ3n) is 3.49. The molecule has 0 atom stereocenters. The number of aromatic nitrogens is 2. The van der Waals surface area contributed by atoms with Crippen LogP contribution in [0.4, 0.5) is 0 Å². The molecular weight excluding hydrogens is 375 g/mol. The zero-order valence-corrected chi connectivity index (χ0v) is 15.7. The topological polar surface area (TPSA) is 57.4 Å². The van der Waals surface area contributed by atoms with Gasteiger partial charge in [0.25, 0.3) is 5.89 Å². The molecule has 0 spiro atoms. The molecule has 0 saturated carbocycles. The van der Waals surface area contributed by atoms with Gasteiger partial charge in [-0.05, 0) is 42.8 Å². The van der Waals surface area contributed by atoms with Crippen LogP contribution in [0, 0.1) is 0 Å². The van der Waals surface area contributed by atoms with Crippen molar-refractivity contribution in [2.75, 3.05) is 13.7 Å². The van der Waals surface area contributed by atoms with Gasteiger partial charge in [0.15, 0.2) is 11.5 Å². The molecule has 0 unspecified atom stereocenters. The molecule has 3 rings (SSSR count). The normalized spacial score (nSPS) is 11.5. The van der Waals surface area contributed by atoms with Gasteiger partial charge in [-0.2, -0.15) is 4.98 Å². The molecule has 0 aliphatic carbocycles. The summed E-state index contributed by atoms with van der Waals surface area (Å²) in [7, 11) is 1.59. The summed E-state index contributed by atoms with van der Waals surface area (Å²) in [5.74, 6) is 1.92. The average molecular weight is 391 g/mol. The first-order valence-corrected chi connectivity index (χ1v) is 8.64. The number of hydrogen-bond donors (Lipinski definition) is 0. The number of methoxy groups -OCH3 is 1. The summed E-state index contributed by atoms with van der Waals surface area (Å²) >= 11 is 12.3. The Balaban J connectivity index is 1.87. The van der Waals surface area contributed by atoms with Gasteiger partial charge in [-0.1, -0.05) is 46.6 Å². The Kier molecular flexibility index (Phi) is 5.81. The van der Waals surface area contributed by atoms with E-state index in [2.05, 4.69) is 10.1 Å². The second-order valence-electron chi connectivity index (χ2n) is 5.27. The molecule has 0 amide bonds. The number of ether oxygens (including phenoxy) is 2. The van der Waals surface area contributed by atoms with Gasteiger partial charge in [0, 0.05) is 10.6 Å². The average Bonchev–Trinajstić information content (AvgIpc) is 3.13. The zero-order chi connectivity index (χ0) is 18.5. The molecule has 0 aliphatic rings. The van der Waals surface area contributed by atoms with Gasteiger partial charge in [-0.15, -0.1) is 0 Å². The highest BCUT2D eigenvalue weighted by atomic mass is 35.5. The second-order valence-corrected chi connectivity index (χ2v) is 6.11. The minimum atomic E-state index is 0.218. The third-order valence-corrected chi connectivity index (χ3v) is 4.00. The van der Waals surface area contributed by atoms with Crippen molar-refractivity contribution in [3.63, 3.8) is 0 Å². The molecule has 0 bridgehead atoms. The van der Waals surface area contributed by atoms with E-state index in [1.165, 1.54) is 0 Å². The molecule has 0 N–H and O–H groups in total. The Bertz CT molecular complexity index is 938. The maximum atomic E-state index is 6.34. The van der Waals surface area contributed by atoms with Crippen molar-refractivity contribution in [1.82, 2.24) is 10.1 Å². The van der Waals surface area contributed by atoms with Crippen LogP contribution in [-0.2, 0) is 0 Å². The van der Waals surface area contributed by atoms with Crippen LogP contribution in [0.25, 0.3) is 22.5 Å². The molecule has 1 aromatic heterocycles. The van der Waals surface area contributed by atoms with Gasteiger partial charge in [-0.25, -0.2) is 0 Å². The summed E-state index contributed by atoms with van der Waals surface area (Å²) < 4.78 is 16.1. The summed E-state index contributed by atoms with van der Waals surface area (Å²) in [6, 6.07) is 12.7. The van der Waals surface area contributed by atoms with E-state index in [1.54, 1.807) is 25.3 Å². The van der Waals surface area contributed by atoms with Crippen molar-refractivity contribution in [1.29, 1.82) is 0 Å². The summed E-state index contributed by atoms with van der Waals surface area (Å²) in [6.07, 6.45) is 1.72. The van der Waals surface area contributed by atoms with Gasteiger partial charge < -0.3 is 14.0 Å². The zero-order valence-electron chi connectivity index (χ0n) is 14.2. The predicted molar refractivity (Wildman–Crippen MR) is 103 cm³/mol. The van der Waals surface area contributed by atoms with Gasteiger partial charge >= 0.3 is 0 Å². The molecule has 134 valence electrons. The van der Waals surface area contributed by atoms with Crippen molar-refractivity contribution in [3.05, 3.63) is 58.9 Å². The maximum absolute atomic E-state index is 6.34. The summed E-state index contributed by atoms with van der Waals surface area (Å²) in [5.41, 5.74) is 1.57. The number of benzene rings is 2. The fraction of sp³-hybridized carbons (Fsp3) is 0.158. The lowest BCUT2D eigenvalue weighted by atomic mass is 10.2. The summed E-state index contributed by atoms with van der Waals surface area (Å²) in [6.45, 7) is 2.44. The number of hydrogen-bond acceptors (Lipinski definition) is 5. The Hall–Kier alpha value is -2.50. The van der Waals surface area contributed by atoms with Crippen LogP contribution < -0.4 is 9.47 Å². The Morgan fingerprint density at radius 3 is 2.77 bits per heavy atom. The predicted octanol–water partition coefficient (Wildman–Crippen LogP) is 5.53. The van der Waals surface area contributed by atoms with Gasteiger partial charge in [0.05, 0.1) is 13.7 Å². The molecule has 3 aromatic rings. The first-order valence-electron chi connectivity index (χ1n) is 7.88. The van der Waals surface area contributed by atoms with E-state index in [0.717, 1.165) is 11.1 Å². The molecule has 5 nitrogen and oxygen atoms in total. The van der Waals surface area contributed by atoms with E-state index >= 15 is 0 Å². The van der Waals surface area contributed by atoms with E-state index in [-0.39, 0.29) is 5.89 Å². The fourth-order valence-electron chi connectivity index (χ4n) is 2.32. The Morgan fingerprint density at radius 1 is 1.19 bits per heavy atom. The molecule has 0 saturated heterocycles. The molecule has 2 aromatic carbocycles. The highest BCUT2D eigenvalue weighted by Gasteiger charge is 2.12. The quantitative estimate of drug-likeness (QED) is 0.553. The van der Waals surface area contributed by atoms with Gasteiger partial charge in [-0.3, -0.25) is 0 Å². The van der Waals surface area contributed by atoms with Crippen LogP contribution in [0.3, 0.4) is 0 Å². The number of nitrogens with zero attached hydrogens (tertiary/aromatic N) is 2. The Labute approximate surface area is 161 Å². The van der Waals surface area contributed by atoms with Gasteiger partial charge in [0.2, 0.25) is 5.82 Å². The van der Waals surface area contributed by atoms with Crippen LogP contribution in [-0.4, -0.2) is 23.9 Å². The van der Waals surface area contributed by atoms with E-state index in [1.807, 2.05) is 37.3 Å². The van der Waals surface area contributed by atoms with E-state index in [0.29, 0.717) is 34.0 Å². The molecule has 0 fully saturated rings. The summed E-state index contributed by atoms with van der Waals surface area (Å²) in [4.78, 5) is 4.32. The molecule has 0 aliphatic heterocycles. The van der Waals surface area contributed by atoms with E-state index in [9.17, 15) is 0 Å². The van der Waals surface area contributed by atoms with Crippen LogP contribution in [0.5, 0.6) is 11.5 Å². The van der Waals surface area contributed by atoms with Crippen LogP contribution in [0.2, 0.25) is 5.02 Å². The smallest absolute Gasteiger partial charge is 0.269 e. The highest BCUT2D eigenvalue weighted by Crippen LogP contribution is 2.31. The van der Waals surface area contributed by atoms with Crippen molar-refractivity contribution >= 4 is 34.3 Å². The summed E-state index contributed by atoms with van der Waals surface area (Å²) in [5, 5.41) is 4.86. The third kappa shape index (κ3) is 4.18. The lowest BCUT2D eigenvalue weighted by molar-refractivity contribution is 0.311. The molecule has 7 heteroatoms. The van der Waals surface area contributed by atoms with Crippen molar-refractivity contribution in [2.24, 2.45) is 0 Å². The van der Waals surface area contributed by atoms with Gasteiger partial charge in [0.1, 0.15) is 5.03 Å². The van der Waals surface area contributed by atoms with E-state index < -0.39 is 0 Å². The monoisotopic (exact) mass is 390 g/mol. The van der Waals surface area contributed by atoms with Crippen LogP contribution in [0.1, 0.15) is 18.4 Å². The molecule has 1 heterocycles. The van der Waals surface area contributed by atoms with Crippen molar-refractivity contribution < 1.29 is 14.0 Å². The second kappa shape index (κ2) is 8.25. The largest absolute Gasteiger partial charge is 0.493 e. The van der Waals surface area contributed by atoms with Crippen molar-refractivity contribution in [3.8, 4) is 22.9 Å². The van der Waals surface area contributed by atoms with Crippen LogP contribution in [0.15, 0.2) is 47.0 Å². The van der Waals surface area contributed by atoms with Crippen LogP contribution >= 0.6 is 23.2 Å². The first-order chi connectivity index (χ1) is 12.6. The van der Waals surface area contributed by atoms with E-state index in [4.69, 9.17) is 37.2 Å². The highest BCUT2D eigenvalue weighted by molar-refractivity contribution is 6.50. The SMILES string of the molecule is CCOc1cc(/C=C(\Cl)c2nc(-c3cccc(Cl)c3)no2)ccc1OC. The molecular formula is C19H16Cl2N2O3. The minimum Gasteiger partial charge on any atom is -0.493 e. The maximum Gasteiger partial charge on any atom is 0.269 e. The fourth-order valence-corrected chi connectivity index (χ4v) is 2.72. The minimum absolute atomic E-state index is 0.218. The lowest BCUT2D eigenvalue weighted by Crippen LogP contribution is -1.95. The standard InChI is InChI=1S/C19H16Cl2N2O3/c1-3-25-17-10-12(7-8-16(17)24-2)9-15(21)19-22-18(23-26-19)13-5-4-6-14(20)11-13/h4-11H,3H2,1-2H3/b15-9-. The molecule has 0 radical (unpaired) electrons. The number of rotatable bonds is 6. The number of halogens is 2.